The van der Waals surface area contributed by atoms with Gasteiger partial charge in [-0.15, -0.1) is 13.2 Å². The summed E-state index contributed by atoms with van der Waals surface area (Å²) in [6, 6.07) is 0. The predicted molar refractivity (Wildman–Crippen MR) is 63.8 cm³/mol. The molecule has 90 valence electrons. The quantitative estimate of drug-likeness (QED) is 0.568. The first-order valence-electron chi connectivity index (χ1n) is 4.90. The van der Waals surface area contributed by atoms with Gasteiger partial charge in [0.05, 0.1) is 19.8 Å². The van der Waals surface area contributed by atoms with Crippen molar-refractivity contribution in [1.82, 2.24) is 0 Å². The van der Waals surface area contributed by atoms with E-state index >= 15 is 0 Å². The molecular formula is C11H23NO3. The minimum atomic E-state index is -0.711. The smallest absolute Gasteiger partial charge is 0.404 e. The Balaban J connectivity index is -0.000000166. The van der Waals surface area contributed by atoms with E-state index in [1.54, 1.807) is 19.1 Å². The van der Waals surface area contributed by atoms with E-state index in [1.165, 1.54) is 0 Å². The van der Waals surface area contributed by atoms with Gasteiger partial charge in [-0.25, -0.2) is 4.79 Å². The van der Waals surface area contributed by atoms with Crippen LogP contribution in [0, 0.1) is 0 Å². The molecule has 4 nitrogen and oxygen atoms in total. The molecule has 0 aromatic heterocycles. The molecule has 0 radical (unpaired) electrons. The van der Waals surface area contributed by atoms with Crippen LogP contribution in [-0.4, -0.2) is 25.9 Å². The fourth-order valence-corrected chi connectivity index (χ4v) is 0.377. The molecule has 0 atom stereocenters. The Morgan fingerprint density at radius 2 is 1.67 bits per heavy atom. The second-order valence-electron chi connectivity index (χ2n) is 1.87. The number of rotatable bonds is 5. The second-order valence-corrected chi connectivity index (χ2v) is 1.87. The van der Waals surface area contributed by atoms with Crippen LogP contribution in [0.4, 0.5) is 4.79 Å². The minimum absolute atomic E-state index is 0.356. The highest BCUT2D eigenvalue weighted by atomic mass is 16.5. The van der Waals surface area contributed by atoms with Crippen molar-refractivity contribution in [3.8, 4) is 0 Å². The zero-order chi connectivity index (χ0) is 12.5. The molecule has 0 unspecified atom stereocenters. The molecule has 4 heteroatoms. The van der Waals surface area contributed by atoms with Crippen molar-refractivity contribution in [3.05, 3.63) is 25.3 Å². The van der Waals surface area contributed by atoms with Crippen LogP contribution in [0.15, 0.2) is 25.3 Å². The molecule has 0 heterocycles. The van der Waals surface area contributed by atoms with E-state index in [-0.39, 0.29) is 0 Å². The number of carbonyl (C=O) groups excluding carboxylic acids is 1. The van der Waals surface area contributed by atoms with Gasteiger partial charge in [-0.1, -0.05) is 26.0 Å². The van der Waals surface area contributed by atoms with Crippen LogP contribution >= 0.6 is 0 Å². The Morgan fingerprint density at radius 1 is 1.27 bits per heavy atom. The summed E-state index contributed by atoms with van der Waals surface area (Å²) >= 11 is 0. The summed E-state index contributed by atoms with van der Waals surface area (Å²) < 4.78 is 9.08. The monoisotopic (exact) mass is 217 g/mol. The molecule has 1 amide bonds. The van der Waals surface area contributed by atoms with Gasteiger partial charge in [-0.2, -0.15) is 0 Å². The minimum Gasteiger partial charge on any atom is -0.450 e. The van der Waals surface area contributed by atoms with Gasteiger partial charge in [0.1, 0.15) is 0 Å². The Labute approximate surface area is 92.7 Å². The molecule has 0 aromatic rings. The molecule has 0 spiro atoms. The van der Waals surface area contributed by atoms with E-state index in [0.29, 0.717) is 19.8 Å². The summed E-state index contributed by atoms with van der Waals surface area (Å²) in [5, 5.41) is 0. The number of hydrogen-bond donors (Lipinski definition) is 1. The SMILES string of the molecule is C=CCOCC=C.CC.CCOC(N)=O. The molecule has 0 aliphatic rings. The Bertz CT molecular complexity index is 139. The summed E-state index contributed by atoms with van der Waals surface area (Å²) in [5.74, 6) is 0. The van der Waals surface area contributed by atoms with Crippen LogP contribution in [0.5, 0.6) is 0 Å². The number of ether oxygens (including phenoxy) is 2. The maximum Gasteiger partial charge on any atom is 0.404 e. The lowest BCUT2D eigenvalue weighted by Gasteiger charge is -1.89. The first kappa shape index (κ1) is 19.3. The Hall–Kier alpha value is -1.29. The maximum absolute atomic E-state index is 9.60. The highest BCUT2D eigenvalue weighted by molar-refractivity contribution is 5.64. The van der Waals surface area contributed by atoms with Crippen LogP contribution < -0.4 is 5.73 Å². The molecule has 0 aliphatic heterocycles. The topological polar surface area (TPSA) is 61.6 Å². The van der Waals surface area contributed by atoms with Crippen LogP contribution in [0.2, 0.25) is 0 Å². The molecule has 0 saturated heterocycles. The van der Waals surface area contributed by atoms with E-state index in [9.17, 15) is 4.79 Å². The van der Waals surface area contributed by atoms with Gasteiger partial charge in [0.25, 0.3) is 0 Å². The summed E-state index contributed by atoms with van der Waals surface area (Å²) in [4.78, 5) is 9.60. The van der Waals surface area contributed by atoms with E-state index in [0.717, 1.165) is 0 Å². The highest BCUT2D eigenvalue weighted by Gasteiger charge is 1.82. The third kappa shape index (κ3) is 44.7. The van der Waals surface area contributed by atoms with Gasteiger partial charge < -0.3 is 15.2 Å². The lowest BCUT2D eigenvalue weighted by atomic mass is 10.6. The fourth-order valence-electron chi connectivity index (χ4n) is 0.377. The predicted octanol–water partition coefficient (Wildman–Crippen LogP) is 2.50. The van der Waals surface area contributed by atoms with Crippen molar-refractivity contribution < 1.29 is 14.3 Å². The highest BCUT2D eigenvalue weighted by Crippen LogP contribution is 1.72. The van der Waals surface area contributed by atoms with Crippen LogP contribution in [0.1, 0.15) is 20.8 Å². The van der Waals surface area contributed by atoms with Gasteiger partial charge in [0, 0.05) is 0 Å². The van der Waals surface area contributed by atoms with Crippen molar-refractivity contribution in [3.63, 3.8) is 0 Å². The molecule has 0 aromatic carbocycles. The second kappa shape index (κ2) is 23.0. The molecule has 0 saturated carbocycles. The third-order valence-corrected chi connectivity index (χ3v) is 0.758. The summed E-state index contributed by atoms with van der Waals surface area (Å²) in [6.07, 6.45) is 2.71. The van der Waals surface area contributed by atoms with Crippen LogP contribution in [-0.2, 0) is 9.47 Å². The van der Waals surface area contributed by atoms with E-state index in [1.807, 2.05) is 13.8 Å². The number of carbonyl (C=O) groups is 1. The number of primary amides is 1. The summed E-state index contributed by atoms with van der Waals surface area (Å²) in [7, 11) is 0. The van der Waals surface area contributed by atoms with Gasteiger partial charge in [0.2, 0.25) is 0 Å². The Morgan fingerprint density at radius 3 is 1.80 bits per heavy atom. The first-order valence-corrected chi connectivity index (χ1v) is 4.90. The third-order valence-electron chi connectivity index (χ3n) is 0.758. The van der Waals surface area contributed by atoms with Crippen molar-refractivity contribution in [2.45, 2.75) is 20.8 Å². The van der Waals surface area contributed by atoms with Crippen LogP contribution in [0.3, 0.4) is 0 Å². The molecule has 0 aliphatic carbocycles. The molecule has 0 rings (SSSR count). The van der Waals surface area contributed by atoms with Crippen molar-refractivity contribution in [1.29, 1.82) is 0 Å². The van der Waals surface area contributed by atoms with Gasteiger partial charge in [-0.3, -0.25) is 0 Å². The lowest BCUT2D eigenvalue weighted by Crippen LogP contribution is -2.11. The van der Waals surface area contributed by atoms with Crippen molar-refractivity contribution in [2.75, 3.05) is 19.8 Å². The standard InChI is InChI=1S/C6H10O.C3H7NO2.C2H6/c1-3-5-7-6-4-2;1-2-6-3(4)5;1-2/h3-4H,1-2,5-6H2;2H2,1H3,(H2,4,5);1-2H3. The van der Waals surface area contributed by atoms with Gasteiger partial charge in [-0.05, 0) is 6.92 Å². The van der Waals surface area contributed by atoms with E-state index in [2.05, 4.69) is 23.6 Å². The van der Waals surface area contributed by atoms with Crippen molar-refractivity contribution in [2.24, 2.45) is 5.73 Å². The van der Waals surface area contributed by atoms with Gasteiger partial charge >= 0.3 is 6.09 Å². The maximum atomic E-state index is 9.60. The zero-order valence-electron chi connectivity index (χ0n) is 9.99. The average molecular weight is 217 g/mol. The molecule has 2 N–H and O–H groups in total. The molecule has 0 bridgehead atoms. The first-order chi connectivity index (χ1) is 7.18. The Kier molecular flexibility index (Phi) is 29.6. The molecule has 15 heavy (non-hydrogen) atoms. The van der Waals surface area contributed by atoms with Crippen LogP contribution in [0.25, 0.3) is 0 Å². The van der Waals surface area contributed by atoms with E-state index in [4.69, 9.17) is 4.74 Å². The average Bonchev–Trinajstić information content (AvgIpc) is 2.22. The number of amides is 1. The van der Waals surface area contributed by atoms with Gasteiger partial charge in [0.15, 0.2) is 0 Å². The number of hydrogen-bond acceptors (Lipinski definition) is 3. The van der Waals surface area contributed by atoms with Crippen molar-refractivity contribution >= 4 is 6.09 Å². The van der Waals surface area contributed by atoms with E-state index < -0.39 is 6.09 Å². The largest absolute Gasteiger partial charge is 0.450 e. The fraction of sp³-hybridized carbons (Fsp3) is 0.545. The molecular weight excluding hydrogens is 194 g/mol. The summed E-state index contributed by atoms with van der Waals surface area (Å²) in [6.45, 7) is 14.2. The lowest BCUT2D eigenvalue weighted by molar-refractivity contribution is 0.163. The molecule has 0 fully saturated rings. The zero-order valence-corrected chi connectivity index (χ0v) is 9.99. The number of nitrogens with two attached hydrogens (primary N) is 1. The normalized spacial score (nSPS) is 7.13. The summed E-state index contributed by atoms with van der Waals surface area (Å²) in [5.41, 5.74) is 4.54.